The quantitative estimate of drug-likeness (QED) is 0.459. The highest BCUT2D eigenvalue weighted by Gasteiger charge is 2.34. The minimum absolute atomic E-state index is 0.00926. The van der Waals surface area contributed by atoms with Gasteiger partial charge in [-0.2, -0.15) is 5.10 Å². The van der Waals surface area contributed by atoms with E-state index in [1.165, 1.54) is 5.56 Å². The van der Waals surface area contributed by atoms with Crippen LogP contribution in [-0.2, 0) is 0 Å². The lowest BCUT2D eigenvalue weighted by atomic mass is 10.1. The number of rotatable bonds is 3. The van der Waals surface area contributed by atoms with Crippen molar-refractivity contribution in [1.82, 2.24) is 24.6 Å². The summed E-state index contributed by atoms with van der Waals surface area (Å²) in [4.78, 5) is 23.6. The van der Waals surface area contributed by atoms with Gasteiger partial charge in [-0.3, -0.25) is 4.79 Å². The highest BCUT2D eigenvalue weighted by Crippen LogP contribution is 2.33. The van der Waals surface area contributed by atoms with Gasteiger partial charge in [-0.1, -0.05) is 22.0 Å². The van der Waals surface area contributed by atoms with Crippen molar-refractivity contribution in [2.24, 2.45) is 0 Å². The van der Waals surface area contributed by atoms with Crippen LogP contribution in [0.5, 0.6) is 0 Å². The summed E-state index contributed by atoms with van der Waals surface area (Å²) in [5.74, 6) is 0.870. The highest BCUT2D eigenvalue weighted by molar-refractivity contribution is 9.10. The number of aromatic amines is 1. The van der Waals surface area contributed by atoms with E-state index < -0.39 is 0 Å². The average molecular weight is 464 g/mol. The van der Waals surface area contributed by atoms with Crippen molar-refractivity contribution in [1.29, 1.82) is 0 Å². The number of likely N-dealkylation sites (tertiary alicyclic amines) is 1. The number of imidazole rings is 1. The zero-order chi connectivity index (χ0) is 20.8. The molecule has 0 radical (unpaired) electrons. The van der Waals surface area contributed by atoms with E-state index in [0.29, 0.717) is 5.56 Å². The van der Waals surface area contributed by atoms with Crippen molar-refractivity contribution in [3.05, 3.63) is 75.8 Å². The van der Waals surface area contributed by atoms with Crippen LogP contribution in [0.15, 0.2) is 53.1 Å². The Hall–Kier alpha value is -2.93. The third kappa shape index (κ3) is 3.23. The third-order valence-corrected chi connectivity index (χ3v) is 6.33. The number of fused-ring (bicyclic) bond motifs is 1. The Morgan fingerprint density at radius 2 is 1.97 bits per heavy atom. The van der Waals surface area contributed by atoms with Gasteiger partial charge >= 0.3 is 0 Å². The standard InChI is InChI=1S/C23H22BrN5O/c1-14-5-10-19-20(12-14)27-22(26-19)21-4-3-11-28(21)23(30)18-13-25-29(15(18)2)17-8-6-16(24)7-9-17/h5-10,12-13,21H,3-4,11H2,1-2H3,(H,26,27). The summed E-state index contributed by atoms with van der Waals surface area (Å²) in [6.07, 6.45) is 3.55. The molecule has 1 unspecified atom stereocenters. The van der Waals surface area contributed by atoms with Crippen molar-refractivity contribution in [3.63, 3.8) is 0 Å². The number of aromatic nitrogens is 4. The molecule has 2 aromatic heterocycles. The molecular weight excluding hydrogens is 442 g/mol. The van der Waals surface area contributed by atoms with Crippen LogP contribution in [-0.4, -0.2) is 37.1 Å². The van der Waals surface area contributed by atoms with Crippen LogP contribution in [0.2, 0.25) is 0 Å². The van der Waals surface area contributed by atoms with Crippen molar-refractivity contribution in [3.8, 4) is 5.69 Å². The van der Waals surface area contributed by atoms with Gasteiger partial charge in [-0.15, -0.1) is 0 Å². The molecule has 1 N–H and O–H groups in total. The SMILES string of the molecule is Cc1ccc2nc(C3CCCN3C(=O)c3cnn(-c4ccc(Br)cc4)c3C)[nH]c2c1. The Labute approximate surface area is 183 Å². The number of carbonyl (C=O) groups excluding carboxylic acids is 1. The van der Waals surface area contributed by atoms with Gasteiger partial charge in [0.15, 0.2) is 0 Å². The summed E-state index contributed by atoms with van der Waals surface area (Å²) in [6.45, 7) is 4.73. The van der Waals surface area contributed by atoms with Crippen LogP contribution in [0.1, 0.15) is 46.3 Å². The Morgan fingerprint density at radius 1 is 1.17 bits per heavy atom. The number of benzene rings is 2. The largest absolute Gasteiger partial charge is 0.340 e. The molecule has 1 saturated heterocycles. The lowest BCUT2D eigenvalue weighted by molar-refractivity contribution is 0.0730. The summed E-state index contributed by atoms with van der Waals surface area (Å²) < 4.78 is 2.82. The number of aryl methyl sites for hydroxylation is 1. The molecule has 1 atom stereocenters. The topological polar surface area (TPSA) is 66.8 Å². The van der Waals surface area contributed by atoms with E-state index in [0.717, 1.165) is 52.1 Å². The number of nitrogens with zero attached hydrogens (tertiary/aromatic N) is 4. The van der Waals surface area contributed by atoms with E-state index in [1.807, 2.05) is 46.8 Å². The zero-order valence-corrected chi connectivity index (χ0v) is 18.5. The summed E-state index contributed by atoms with van der Waals surface area (Å²) >= 11 is 3.46. The fourth-order valence-corrected chi connectivity index (χ4v) is 4.48. The maximum atomic E-state index is 13.4. The van der Waals surface area contributed by atoms with Crippen molar-refractivity contribution in [2.75, 3.05) is 6.54 Å². The van der Waals surface area contributed by atoms with E-state index in [-0.39, 0.29) is 11.9 Å². The fourth-order valence-electron chi connectivity index (χ4n) is 4.21. The van der Waals surface area contributed by atoms with E-state index in [4.69, 9.17) is 4.98 Å². The first-order valence-corrected chi connectivity index (χ1v) is 10.9. The summed E-state index contributed by atoms with van der Waals surface area (Å²) in [7, 11) is 0. The second kappa shape index (κ2) is 7.40. The first kappa shape index (κ1) is 19.1. The van der Waals surface area contributed by atoms with E-state index >= 15 is 0 Å². The lowest BCUT2D eigenvalue weighted by Crippen LogP contribution is -2.31. The monoisotopic (exact) mass is 463 g/mol. The van der Waals surface area contributed by atoms with Crippen LogP contribution in [0, 0.1) is 13.8 Å². The van der Waals surface area contributed by atoms with Gasteiger partial charge < -0.3 is 9.88 Å². The molecule has 4 aromatic rings. The number of halogens is 1. The molecule has 1 fully saturated rings. The molecular formula is C23H22BrN5O. The van der Waals surface area contributed by atoms with Gasteiger partial charge in [0.2, 0.25) is 0 Å². The molecule has 3 heterocycles. The van der Waals surface area contributed by atoms with Crippen LogP contribution >= 0.6 is 15.9 Å². The second-order valence-corrected chi connectivity index (χ2v) is 8.75. The minimum atomic E-state index is -0.0411. The third-order valence-electron chi connectivity index (χ3n) is 5.80. The van der Waals surface area contributed by atoms with E-state index in [1.54, 1.807) is 6.20 Å². The van der Waals surface area contributed by atoms with Gasteiger partial charge in [0.25, 0.3) is 5.91 Å². The van der Waals surface area contributed by atoms with Gasteiger partial charge in [-0.05, 0) is 68.7 Å². The average Bonchev–Trinajstić information content (AvgIpc) is 3.45. The second-order valence-electron chi connectivity index (χ2n) is 7.83. The molecule has 0 bridgehead atoms. The Balaban J connectivity index is 1.46. The summed E-state index contributed by atoms with van der Waals surface area (Å²) in [6, 6.07) is 14.0. The van der Waals surface area contributed by atoms with Crippen LogP contribution < -0.4 is 0 Å². The molecule has 152 valence electrons. The summed E-state index contributed by atoms with van der Waals surface area (Å²) in [5.41, 5.74) is 5.55. The molecule has 0 aliphatic carbocycles. The van der Waals surface area contributed by atoms with Crippen LogP contribution in [0.4, 0.5) is 0 Å². The van der Waals surface area contributed by atoms with Crippen LogP contribution in [0.25, 0.3) is 16.7 Å². The maximum Gasteiger partial charge on any atom is 0.257 e. The number of amides is 1. The highest BCUT2D eigenvalue weighted by atomic mass is 79.9. The predicted octanol–water partition coefficient (Wildman–Crippen LogP) is 5.11. The van der Waals surface area contributed by atoms with Gasteiger partial charge in [-0.25, -0.2) is 9.67 Å². The molecule has 30 heavy (non-hydrogen) atoms. The summed E-state index contributed by atoms with van der Waals surface area (Å²) in [5, 5.41) is 4.48. The number of hydrogen-bond acceptors (Lipinski definition) is 3. The van der Waals surface area contributed by atoms with Gasteiger partial charge in [0.05, 0.1) is 40.2 Å². The fraction of sp³-hybridized carbons (Fsp3) is 0.261. The Kier molecular flexibility index (Phi) is 4.70. The molecule has 0 saturated carbocycles. The number of nitrogens with one attached hydrogen (secondary N) is 1. The normalized spacial score (nSPS) is 16.5. The molecule has 1 aliphatic heterocycles. The van der Waals surface area contributed by atoms with Gasteiger partial charge in [0, 0.05) is 11.0 Å². The van der Waals surface area contributed by atoms with Crippen molar-refractivity contribution >= 4 is 32.9 Å². The molecule has 2 aromatic carbocycles. The minimum Gasteiger partial charge on any atom is -0.340 e. The van der Waals surface area contributed by atoms with E-state index in [9.17, 15) is 4.79 Å². The number of carbonyl (C=O) groups is 1. The van der Waals surface area contributed by atoms with E-state index in [2.05, 4.69) is 45.1 Å². The maximum absolute atomic E-state index is 13.4. The van der Waals surface area contributed by atoms with Crippen molar-refractivity contribution in [2.45, 2.75) is 32.7 Å². The number of H-pyrrole nitrogens is 1. The molecule has 6 nitrogen and oxygen atoms in total. The zero-order valence-electron chi connectivity index (χ0n) is 16.9. The molecule has 1 amide bonds. The Bertz CT molecular complexity index is 1240. The van der Waals surface area contributed by atoms with Gasteiger partial charge in [0.1, 0.15) is 5.82 Å². The predicted molar refractivity (Wildman–Crippen MR) is 120 cm³/mol. The first-order valence-electron chi connectivity index (χ1n) is 10.1. The first-order chi connectivity index (χ1) is 14.5. The smallest absolute Gasteiger partial charge is 0.257 e. The van der Waals surface area contributed by atoms with Crippen molar-refractivity contribution < 1.29 is 4.79 Å². The molecule has 5 rings (SSSR count). The molecule has 7 heteroatoms. The Morgan fingerprint density at radius 3 is 2.77 bits per heavy atom. The molecule has 1 aliphatic rings. The molecule has 0 spiro atoms. The van der Waals surface area contributed by atoms with Crippen LogP contribution in [0.3, 0.4) is 0 Å². The number of hydrogen-bond donors (Lipinski definition) is 1. The lowest BCUT2D eigenvalue weighted by Gasteiger charge is -2.23.